The topological polar surface area (TPSA) is 221 Å². The average Bonchev–Trinajstić information content (AvgIpc) is 2.88. The Bertz CT molecular complexity index is 1100. The Morgan fingerprint density at radius 1 is 0.974 bits per heavy atom. The summed E-state index contributed by atoms with van der Waals surface area (Å²) < 4.78 is 0. The summed E-state index contributed by atoms with van der Waals surface area (Å²) in [6.07, 6.45) is -0.764. The summed E-state index contributed by atoms with van der Waals surface area (Å²) in [5, 5.41) is 27.1. The lowest BCUT2D eigenvalue weighted by Gasteiger charge is -2.26. The van der Waals surface area contributed by atoms with Gasteiger partial charge in [-0.15, -0.1) is 0 Å². The van der Waals surface area contributed by atoms with Crippen molar-refractivity contribution in [2.75, 3.05) is 6.54 Å². The van der Waals surface area contributed by atoms with Crippen LogP contribution in [0.5, 0.6) is 0 Å². The smallest absolute Gasteiger partial charge is 0.405 e. The summed E-state index contributed by atoms with van der Waals surface area (Å²) in [7, 11) is 0. The lowest BCUT2D eigenvalue weighted by molar-refractivity contribution is -0.141. The molecule has 0 spiro atoms. The van der Waals surface area contributed by atoms with Crippen LogP contribution in [-0.4, -0.2) is 65.3 Å². The normalized spacial score (nSPS) is 13.6. The summed E-state index contributed by atoms with van der Waals surface area (Å²) in [4.78, 5) is 73.5. The molecule has 4 atom stereocenters. The molecule has 0 fully saturated rings. The molecule has 0 aliphatic carbocycles. The summed E-state index contributed by atoms with van der Waals surface area (Å²) in [6, 6.07) is 4.81. The lowest BCUT2D eigenvalue weighted by Crippen LogP contribution is -2.56. The third-order valence-corrected chi connectivity index (χ3v) is 5.95. The highest BCUT2D eigenvalue weighted by Crippen LogP contribution is 2.12. The molecule has 0 bridgehead atoms. The Balaban J connectivity index is 2.83. The quantitative estimate of drug-likeness (QED) is 0.164. The second-order valence-electron chi connectivity index (χ2n) is 9.59. The van der Waals surface area contributed by atoms with E-state index in [1.54, 1.807) is 52.0 Å². The van der Waals surface area contributed by atoms with Crippen LogP contribution in [0.3, 0.4) is 0 Å². The van der Waals surface area contributed by atoms with Crippen LogP contribution in [0.4, 0.5) is 4.79 Å². The number of hydrogen-bond donors (Lipinski definition) is 6. The molecule has 1 aromatic carbocycles. The molecule has 4 unspecified atom stereocenters. The molecule has 0 aliphatic rings. The van der Waals surface area contributed by atoms with Crippen molar-refractivity contribution in [3.63, 3.8) is 0 Å². The predicted octanol–water partition coefficient (Wildman–Crippen LogP) is -0.0306. The molecule has 0 saturated heterocycles. The molecule has 0 radical (unpaired) electrons. The lowest BCUT2D eigenvalue weighted by atomic mass is 9.94. The monoisotopic (exact) mass is 544 g/mol. The van der Waals surface area contributed by atoms with E-state index < -0.39 is 66.1 Å². The summed E-state index contributed by atoms with van der Waals surface area (Å²) in [6.45, 7) is 6.35. The molecule has 5 amide bonds. The van der Waals surface area contributed by atoms with E-state index >= 15 is 0 Å². The number of primary amides is 1. The average molecular weight is 545 g/mol. The number of benzene rings is 1. The molecule has 7 N–H and O–H groups in total. The highest BCUT2D eigenvalue weighted by molar-refractivity contribution is 6.38. The minimum atomic E-state index is -1.40. The number of rotatable bonds is 15. The van der Waals surface area contributed by atoms with Gasteiger partial charge in [0.05, 0.1) is 24.2 Å². The van der Waals surface area contributed by atoms with Crippen LogP contribution < -0.4 is 27.0 Å². The van der Waals surface area contributed by atoms with E-state index in [9.17, 15) is 28.8 Å². The van der Waals surface area contributed by atoms with Crippen LogP contribution in [0.1, 0.15) is 51.7 Å². The maximum Gasteiger partial charge on any atom is 0.405 e. The van der Waals surface area contributed by atoms with Gasteiger partial charge in [0.25, 0.3) is 5.91 Å². The van der Waals surface area contributed by atoms with Crippen molar-refractivity contribution in [1.29, 1.82) is 5.26 Å². The number of carbonyl (C=O) groups is 6. The highest BCUT2D eigenvalue weighted by atomic mass is 16.4. The second kappa shape index (κ2) is 15.7. The van der Waals surface area contributed by atoms with E-state index in [0.717, 1.165) is 0 Å². The fourth-order valence-corrected chi connectivity index (χ4v) is 3.62. The van der Waals surface area contributed by atoms with Crippen molar-refractivity contribution < 1.29 is 33.9 Å². The van der Waals surface area contributed by atoms with Crippen LogP contribution >= 0.6 is 0 Å². The zero-order chi connectivity index (χ0) is 29.7. The molecule has 13 nitrogen and oxygen atoms in total. The number of nitrogens with one attached hydrogen (secondary N) is 4. The van der Waals surface area contributed by atoms with E-state index in [0.29, 0.717) is 17.5 Å². The SMILES string of the molecule is CCC(C)C(NC(=O)C(CC(C)C)NC(=O)O)C(=O)C(=O)NCC(=O)NC(Cc1ccc(C#N)cc1)C(N)=O. The maximum absolute atomic E-state index is 12.9. The Morgan fingerprint density at radius 3 is 2.08 bits per heavy atom. The van der Waals surface area contributed by atoms with Gasteiger partial charge in [-0.1, -0.05) is 46.2 Å². The zero-order valence-electron chi connectivity index (χ0n) is 22.4. The molecule has 13 heteroatoms. The largest absolute Gasteiger partial charge is 0.465 e. The molecule has 0 saturated carbocycles. The Hall–Kier alpha value is -4.47. The summed E-state index contributed by atoms with van der Waals surface area (Å²) >= 11 is 0. The van der Waals surface area contributed by atoms with Gasteiger partial charge in [-0.05, 0) is 36.0 Å². The summed E-state index contributed by atoms with van der Waals surface area (Å²) in [5.41, 5.74) is 6.44. The highest BCUT2D eigenvalue weighted by Gasteiger charge is 2.33. The molecule has 1 rings (SSSR count). The fraction of sp³-hybridized carbons (Fsp3) is 0.500. The molecule has 1 aromatic rings. The number of ketones is 1. The minimum Gasteiger partial charge on any atom is -0.465 e. The van der Waals surface area contributed by atoms with Gasteiger partial charge in [0.2, 0.25) is 23.5 Å². The number of Topliss-reactive ketones (excluding diaryl/α,β-unsaturated/α-hetero) is 1. The predicted molar refractivity (Wildman–Crippen MR) is 140 cm³/mol. The van der Waals surface area contributed by atoms with E-state index in [4.69, 9.17) is 16.1 Å². The third kappa shape index (κ3) is 11.2. The molecular weight excluding hydrogens is 508 g/mol. The number of nitriles is 1. The van der Waals surface area contributed by atoms with E-state index in [1.807, 2.05) is 6.07 Å². The van der Waals surface area contributed by atoms with Gasteiger partial charge in [0.15, 0.2) is 0 Å². The van der Waals surface area contributed by atoms with Crippen molar-refractivity contribution >= 4 is 35.5 Å². The molecule has 0 aromatic heterocycles. The van der Waals surface area contributed by atoms with Gasteiger partial charge in [-0.3, -0.25) is 24.0 Å². The van der Waals surface area contributed by atoms with Gasteiger partial charge in [0, 0.05) is 6.42 Å². The molecule has 212 valence electrons. The second-order valence-corrected chi connectivity index (χ2v) is 9.59. The first-order valence-electron chi connectivity index (χ1n) is 12.5. The van der Waals surface area contributed by atoms with Crippen molar-refractivity contribution in [2.24, 2.45) is 17.6 Å². The minimum absolute atomic E-state index is 0.0340. The van der Waals surface area contributed by atoms with E-state index in [-0.39, 0.29) is 18.8 Å². The first-order chi connectivity index (χ1) is 18.3. The van der Waals surface area contributed by atoms with E-state index in [2.05, 4.69) is 21.3 Å². The molecule has 39 heavy (non-hydrogen) atoms. The van der Waals surface area contributed by atoms with Crippen molar-refractivity contribution in [1.82, 2.24) is 21.3 Å². The third-order valence-electron chi connectivity index (χ3n) is 5.95. The van der Waals surface area contributed by atoms with Crippen molar-refractivity contribution in [3.8, 4) is 6.07 Å². The van der Waals surface area contributed by atoms with Crippen molar-refractivity contribution in [2.45, 2.75) is 65.1 Å². The Labute approximate surface area is 226 Å². The first kappa shape index (κ1) is 32.6. The number of carbonyl (C=O) groups excluding carboxylic acids is 5. The Morgan fingerprint density at radius 2 is 1.59 bits per heavy atom. The van der Waals surface area contributed by atoms with Crippen molar-refractivity contribution in [3.05, 3.63) is 35.4 Å². The molecular formula is C26H36N6O7. The standard InChI is InChI=1S/C26H36N6O7/c1-5-15(4)21(32-24(36)19(10-14(2)3)31-26(38)39)22(34)25(37)29-13-20(33)30-18(23(28)35)11-16-6-8-17(12-27)9-7-16/h6-9,14-15,18-19,21,31H,5,10-11,13H2,1-4H3,(H2,28,35)(H,29,37)(H,30,33)(H,32,36)(H,38,39). The van der Waals surface area contributed by atoms with E-state index in [1.165, 1.54) is 0 Å². The number of nitrogens with zero attached hydrogens (tertiary/aromatic N) is 1. The molecule has 0 aliphatic heterocycles. The van der Waals surface area contributed by atoms with Gasteiger partial charge < -0.3 is 32.1 Å². The van der Waals surface area contributed by atoms with Gasteiger partial charge in [0.1, 0.15) is 12.1 Å². The van der Waals surface area contributed by atoms with Crippen LogP contribution in [0.15, 0.2) is 24.3 Å². The van der Waals surface area contributed by atoms with Gasteiger partial charge in [-0.2, -0.15) is 5.26 Å². The zero-order valence-corrected chi connectivity index (χ0v) is 22.4. The Kier molecular flexibility index (Phi) is 13.1. The first-order valence-corrected chi connectivity index (χ1v) is 12.5. The number of hydrogen-bond acceptors (Lipinski definition) is 7. The van der Waals surface area contributed by atoms with Gasteiger partial charge in [-0.25, -0.2) is 4.79 Å². The maximum atomic E-state index is 12.9. The van der Waals surface area contributed by atoms with Crippen LogP contribution in [-0.2, 0) is 30.4 Å². The number of nitrogens with two attached hydrogens (primary N) is 1. The number of carboxylic acid groups (broad SMARTS) is 1. The number of amides is 5. The van der Waals surface area contributed by atoms with Crippen LogP contribution in [0.2, 0.25) is 0 Å². The fourth-order valence-electron chi connectivity index (χ4n) is 3.62. The molecule has 0 heterocycles. The summed E-state index contributed by atoms with van der Waals surface area (Å²) in [5.74, 6) is -4.99. The van der Waals surface area contributed by atoms with Gasteiger partial charge >= 0.3 is 6.09 Å². The van der Waals surface area contributed by atoms with Crippen LogP contribution in [0.25, 0.3) is 0 Å². The van der Waals surface area contributed by atoms with Crippen LogP contribution in [0, 0.1) is 23.2 Å².